The molecule has 0 amide bonds. The molecule has 0 nitrogen and oxygen atoms in total. The minimum Gasteiger partial charge on any atom is -0.251 e. The molecule has 0 radical (unpaired) electrons. The molecule has 1 aliphatic carbocycles. The highest BCUT2D eigenvalue weighted by Gasteiger charge is 2.36. The maximum atomic E-state index is 11.5. The third kappa shape index (κ3) is 0.511. The third-order valence-electron chi connectivity index (χ3n) is 1.03. The smallest absolute Gasteiger partial charge is 0.106 e. The molecule has 0 aromatic heterocycles. The average Bonchev–Trinajstić information content (AvgIpc) is 2.19. The Morgan fingerprint density at radius 3 is 2.17 bits per heavy atom. The Hall–Kier alpha value is -0.140. The lowest BCUT2D eigenvalue weighted by Crippen LogP contribution is -1.78. The number of hydrogen-bond donors (Lipinski definition) is 0. The van der Waals surface area contributed by atoms with Gasteiger partial charge in [0.05, 0.1) is 6.67 Å². The van der Waals surface area contributed by atoms with Crippen LogP contribution in [0.15, 0.2) is 0 Å². The summed E-state index contributed by atoms with van der Waals surface area (Å²) in [7, 11) is 0. The molecule has 2 heteroatoms. The molecule has 2 atom stereocenters. The molecule has 0 bridgehead atoms. The highest BCUT2D eigenvalue weighted by Crippen LogP contribution is 2.33. The molecule has 36 valence electrons. The summed E-state index contributed by atoms with van der Waals surface area (Å²) in [6, 6.07) is 0. The van der Waals surface area contributed by atoms with Gasteiger partial charge in [-0.15, -0.1) is 0 Å². The van der Waals surface area contributed by atoms with E-state index < -0.39 is 12.8 Å². The summed E-state index contributed by atoms with van der Waals surface area (Å²) in [5.74, 6) is -0.231. The van der Waals surface area contributed by atoms with E-state index in [2.05, 4.69) is 0 Å². The van der Waals surface area contributed by atoms with Crippen LogP contribution in [0.25, 0.3) is 0 Å². The van der Waals surface area contributed by atoms with Gasteiger partial charge < -0.3 is 0 Å². The van der Waals surface area contributed by atoms with E-state index in [1.807, 2.05) is 0 Å². The van der Waals surface area contributed by atoms with Gasteiger partial charge in [-0.05, 0) is 6.42 Å². The molecule has 0 spiro atoms. The highest BCUT2D eigenvalue weighted by atomic mass is 19.1. The van der Waals surface area contributed by atoms with Crippen LogP contribution >= 0.6 is 0 Å². The van der Waals surface area contributed by atoms with Gasteiger partial charge in [0.2, 0.25) is 0 Å². The molecule has 1 unspecified atom stereocenters. The van der Waals surface area contributed by atoms with Gasteiger partial charge in [0.15, 0.2) is 0 Å². The van der Waals surface area contributed by atoms with Gasteiger partial charge in [-0.25, -0.2) is 4.39 Å². The summed E-state index contributed by atoms with van der Waals surface area (Å²) in [5.41, 5.74) is 0. The zero-order chi connectivity index (χ0) is 4.57. The molecule has 1 saturated carbocycles. The summed E-state index contributed by atoms with van der Waals surface area (Å²) in [6.07, 6.45) is -0.355. The van der Waals surface area contributed by atoms with E-state index in [0.29, 0.717) is 6.42 Å². The van der Waals surface area contributed by atoms with E-state index in [-0.39, 0.29) is 5.92 Å². The van der Waals surface area contributed by atoms with Gasteiger partial charge in [0.25, 0.3) is 0 Å². The minimum atomic E-state index is -0.810. The van der Waals surface area contributed by atoms with Crippen molar-refractivity contribution in [3.8, 4) is 0 Å². The number of hydrogen-bond acceptors (Lipinski definition) is 0. The van der Waals surface area contributed by atoms with Crippen LogP contribution < -0.4 is 0 Å². The van der Waals surface area contributed by atoms with Crippen LogP contribution in [0.5, 0.6) is 0 Å². The summed E-state index contributed by atoms with van der Waals surface area (Å²) in [6.45, 7) is -0.471. The molecular weight excluding hydrogens is 86.0 g/mol. The Kier molecular flexibility index (Phi) is 0.787. The zero-order valence-corrected chi connectivity index (χ0v) is 3.32. The molecule has 0 saturated heterocycles. The molecule has 0 aromatic carbocycles. The van der Waals surface area contributed by atoms with E-state index in [4.69, 9.17) is 0 Å². The Bertz CT molecular complexity index is 51.5. The van der Waals surface area contributed by atoms with E-state index in [1.165, 1.54) is 0 Å². The number of rotatable bonds is 1. The van der Waals surface area contributed by atoms with Crippen LogP contribution in [-0.4, -0.2) is 12.8 Å². The normalized spacial score (nSPS) is 43.0. The lowest BCUT2D eigenvalue weighted by molar-refractivity contribution is 0.385. The van der Waals surface area contributed by atoms with Crippen molar-refractivity contribution in [2.45, 2.75) is 12.6 Å². The van der Waals surface area contributed by atoms with Crippen molar-refractivity contribution < 1.29 is 8.78 Å². The highest BCUT2D eigenvalue weighted by molar-refractivity contribution is 4.85. The largest absolute Gasteiger partial charge is 0.251 e. The summed E-state index contributed by atoms with van der Waals surface area (Å²) < 4.78 is 22.7. The van der Waals surface area contributed by atoms with Gasteiger partial charge in [0, 0.05) is 5.92 Å². The lowest BCUT2D eigenvalue weighted by Gasteiger charge is -1.73. The zero-order valence-electron chi connectivity index (χ0n) is 3.32. The SMILES string of the molecule is FC[C@H]1CC1F. The maximum Gasteiger partial charge on any atom is 0.106 e. The van der Waals surface area contributed by atoms with Gasteiger partial charge in [0.1, 0.15) is 6.17 Å². The van der Waals surface area contributed by atoms with Crippen LogP contribution in [0.2, 0.25) is 0 Å². The number of halogens is 2. The molecule has 1 aliphatic rings. The topological polar surface area (TPSA) is 0 Å². The Labute approximate surface area is 35.2 Å². The van der Waals surface area contributed by atoms with E-state index in [0.717, 1.165) is 0 Å². The van der Waals surface area contributed by atoms with E-state index >= 15 is 0 Å². The fourth-order valence-electron chi connectivity index (χ4n) is 0.370. The summed E-state index contributed by atoms with van der Waals surface area (Å²) in [5, 5.41) is 0. The molecule has 1 rings (SSSR count). The Morgan fingerprint density at radius 1 is 1.67 bits per heavy atom. The van der Waals surface area contributed by atoms with Crippen molar-refractivity contribution in [1.82, 2.24) is 0 Å². The van der Waals surface area contributed by atoms with Crippen LogP contribution in [0, 0.1) is 5.92 Å². The van der Waals surface area contributed by atoms with Crippen LogP contribution in [-0.2, 0) is 0 Å². The first-order valence-electron chi connectivity index (χ1n) is 2.04. The maximum absolute atomic E-state index is 11.5. The fraction of sp³-hybridized carbons (Fsp3) is 1.00. The predicted octanol–water partition coefficient (Wildman–Crippen LogP) is 1.31. The molecule has 0 heterocycles. The minimum absolute atomic E-state index is 0.231. The van der Waals surface area contributed by atoms with Crippen molar-refractivity contribution in [3.05, 3.63) is 0 Å². The van der Waals surface area contributed by atoms with Gasteiger partial charge in [-0.3, -0.25) is 4.39 Å². The van der Waals surface area contributed by atoms with Gasteiger partial charge in [-0.2, -0.15) is 0 Å². The Balaban J connectivity index is 2.09. The Morgan fingerprint density at radius 2 is 2.17 bits per heavy atom. The van der Waals surface area contributed by atoms with Crippen molar-refractivity contribution in [2.24, 2.45) is 5.92 Å². The first-order valence-corrected chi connectivity index (χ1v) is 2.04. The monoisotopic (exact) mass is 92.0 g/mol. The van der Waals surface area contributed by atoms with E-state index in [1.54, 1.807) is 0 Å². The van der Waals surface area contributed by atoms with Gasteiger partial charge >= 0.3 is 0 Å². The molecule has 6 heavy (non-hydrogen) atoms. The second-order valence-electron chi connectivity index (χ2n) is 1.67. The van der Waals surface area contributed by atoms with Crippen molar-refractivity contribution in [2.75, 3.05) is 6.67 Å². The van der Waals surface area contributed by atoms with Gasteiger partial charge in [-0.1, -0.05) is 0 Å². The molecule has 0 aromatic rings. The molecule has 0 N–H and O–H groups in total. The first kappa shape index (κ1) is 4.03. The first-order chi connectivity index (χ1) is 2.84. The fourth-order valence-corrected chi connectivity index (χ4v) is 0.370. The molecule has 1 fully saturated rings. The van der Waals surface area contributed by atoms with Crippen LogP contribution in [0.3, 0.4) is 0 Å². The standard InChI is InChI=1S/C4H6F2/c5-2-3-1-4(3)6/h3-4H,1-2H2/t3-,4?/m1/s1. The summed E-state index contributed by atoms with van der Waals surface area (Å²) >= 11 is 0. The molecule has 0 aliphatic heterocycles. The second kappa shape index (κ2) is 1.17. The quantitative estimate of drug-likeness (QED) is 0.457. The summed E-state index contributed by atoms with van der Waals surface area (Å²) in [4.78, 5) is 0. The van der Waals surface area contributed by atoms with Crippen molar-refractivity contribution in [1.29, 1.82) is 0 Å². The van der Waals surface area contributed by atoms with Crippen molar-refractivity contribution in [3.63, 3.8) is 0 Å². The van der Waals surface area contributed by atoms with E-state index in [9.17, 15) is 8.78 Å². The number of alkyl halides is 2. The predicted molar refractivity (Wildman–Crippen MR) is 19.0 cm³/mol. The average molecular weight is 92.1 g/mol. The molecular formula is C4H6F2. The van der Waals surface area contributed by atoms with Crippen LogP contribution in [0.4, 0.5) is 8.78 Å². The van der Waals surface area contributed by atoms with Crippen LogP contribution in [0.1, 0.15) is 6.42 Å². The lowest BCUT2D eigenvalue weighted by atomic mass is 10.5. The van der Waals surface area contributed by atoms with Crippen molar-refractivity contribution >= 4 is 0 Å². The second-order valence-corrected chi connectivity index (χ2v) is 1.67. The third-order valence-corrected chi connectivity index (χ3v) is 1.03.